The van der Waals surface area contributed by atoms with E-state index >= 15 is 0 Å². The predicted molar refractivity (Wildman–Crippen MR) is 86.0 cm³/mol. The molecule has 0 spiro atoms. The van der Waals surface area contributed by atoms with Gasteiger partial charge in [-0.05, 0) is 13.1 Å². The second-order valence-electron chi connectivity index (χ2n) is 3.66. The smallest absolute Gasteiger partial charge is 0.197 e. The van der Waals surface area contributed by atoms with Crippen LogP contribution in [-0.4, -0.2) is 33.0 Å². The molecule has 0 saturated heterocycles. The zero-order valence-electron chi connectivity index (χ0n) is 11.0. The molecule has 0 aliphatic carbocycles. The van der Waals surface area contributed by atoms with E-state index in [1.807, 2.05) is 0 Å². The third-order valence-electron chi connectivity index (χ3n) is 2.12. The minimum absolute atomic E-state index is 0. The van der Waals surface area contributed by atoms with Crippen molar-refractivity contribution in [3.63, 3.8) is 0 Å². The number of hydrogen-bond acceptors (Lipinski definition) is 6. The van der Waals surface area contributed by atoms with Gasteiger partial charge in [-0.25, -0.2) is 9.97 Å². The summed E-state index contributed by atoms with van der Waals surface area (Å²) in [7, 11) is 0. The van der Waals surface area contributed by atoms with Gasteiger partial charge in [0.05, 0.1) is 12.4 Å². The second kappa shape index (κ2) is 11.4. The molecule has 0 aromatic carbocycles. The summed E-state index contributed by atoms with van der Waals surface area (Å²) in [4.78, 5) is 13.3. The van der Waals surface area contributed by atoms with Crippen LogP contribution >= 0.6 is 24.8 Å². The Balaban J connectivity index is 0. The summed E-state index contributed by atoms with van der Waals surface area (Å²) in [6.45, 7) is 1.25. The summed E-state index contributed by atoms with van der Waals surface area (Å²) >= 11 is 0. The van der Waals surface area contributed by atoms with Crippen LogP contribution in [0.1, 0.15) is 11.4 Å². The maximum atomic E-state index is 5.30. The van der Waals surface area contributed by atoms with E-state index in [4.69, 9.17) is 22.9 Å². The fourth-order valence-corrected chi connectivity index (χ4v) is 1.32. The quantitative estimate of drug-likeness (QED) is 0.457. The van der Waals surface area contributed by atoms with Crippen molar-refractivity contribution in [1.82, 2.24) is 19.9 Å². The van der Waals surface area contributed by atoms with Gasteiger partial charge in [0.25, 0.3) is 0 Å². The van der Waals surface area contributed by atoms with Crippen LogP contribution in [0.3, 0.4) is 0 Å². The Morgan fingerprint density at radius 1 is 0.800 bits per heavy atom. The summed E-state index contributed by atoms with van der Waals surface area (Å²) in [5, 5.41) is 0. The Kier molecular flexibility index (Phi) is 11.8. The van der Waals surface area contributed by atoms with Crippen LogP contribution < -0.4 is 22.9 Å². The highest BCUT2D eigenvalue weighted by Crippen LogP contribution is 1.97. The standard InChI is InChI=1S/2C5H10N4.2ClH/c2*6-2-1-4-3-8-5(7)9-4;;/h2*3H,1-2,6H2,(H3,7,8,9);2*1H. The number of nitrogens with two attached hydrogens (primary N) is 4. The third-order valence-corrected chi connectivity index (χ3v) is 2.12. The van der Waals surface area contributed by atoms with Crippen molar-refractivity contribution in [2.24, 2.45) is 11.5 Å². The average molecular weight is 325 g/mol. The number of anilines is 2. The molecule has 0 radical (unpaired) electrons. The molecule has 8 nitrogen and oxygen atoms in total. The number of halogens is 2. The molecule has 0 saturated carbocycles. The molecule has 10 heteroatoms. The van der Waals surface area contributed by atoms with E-state index in [9.17, 15) is 0 Å². The molecule has 2 aromatic heterocycles. The van der Waals surface area contributed by atoms with Crippen LogP contribution in [0.15, 0.2) is 12.4 Å². The fourth-order valence-electron chi connectivity index (χ4n) is 1.32. The number of aromatic amines is 2. The van der Waals surface area contributed by atoms with E-state index in [0.717, 1.165) is 24.2 Å². The van der Waals surface area contributed by atoms with Crippen LogP contribution in [0, 0.1) is 0 Å². The van der Waals surface area contributed by atoms with E-state index < -0.39 is 0 Å². The number of rotatable bonds is 4. The van der Waals surface area contributed by atoms with Crippen molar-refractivity contribution < 1.29 is 0 Å². The molecule has 0 unspecified atom stereocenters. The summed E-state index contributed by atoms with van der Waals surface area (Å²) in [6.07, 6.45) is 5.01. The average Bonchev–Trinajstić information content (AvgIpc) is 2.90. The Morgan fingerprint density at radius 3 is 1.35 bits per heavy atom. The summed E-state index contributed by atoms with van der Waals surface area (Å²) in [5.41, 5.74) is 23.2. The van der Waals surface area contributed by atoms with Crippen LogP contribution in [0.25, 0.3) is 0 Å². The molecule has 10 N–H and O–H groups in total. The van der Waals surface area contributed by atoms with E-state index in [2.05, 4.69) is 19.9 Å². The predicted octanol–water partition coefficient (Wildman–Crippen LogP) is -0.170. The topological polar surface area (TPSA) is 161 Å². The lowest BCUT2D eigenvalue weighted by Crippen LogP contribution is -2.02. The van der Waals surface area contributed by atoms with Crippen LogP contribution in [0.5, 0.6) is 0 Å². The highest BCUT2D eigenvalue weighted by atomic mass is 35.5. The molecular weight excluding hydrogens is 303 g/mol. The third kappa shape index (κ3) is 7.85. The first kappa shape index (κ1) is 20.8. The highest BCUT2D eigenvalue weighted by Gasteiger charge is 1.93. The molecule has 0 bridgehead atoms. The van der Waals surface area contributed by atoms with E-state index in [1.165, 1.54) is 0 Å². The minimum atomic E-state index is 0. The lowest BCUT2D eigenvalue weighted by molar-refractivity contribution is 0.936. The first-order valence-corrected chi connectivity index (χ1v) is 5.64. The molecule has 0 aliphatic rings. The van der Waals surface area contributed by atoms with Crippen molar-refractivity contribution in [3.8, 4) is 0 Å². The number of imidazole rings is 2. The number of hydrogen-bond donors (Lipinski definition) is 6. The Labute approximate surface area is 129 Å². The van der Waals surface area contributed by atoms with Gasteiger partial charge in [-0.3, -0.25) is 0 Å². The van der Waals surface area contributed by atoms with Crippen LogP contribution in [0.2, 0.25) is 0 Å². The van der Waals surface area contributed by atoms with Gasteiger partial charge < -0.3 is 32.9 Å². The maximum Gasteiger partial charge on any atom is 0.197 e. The monoisotopic (exact) mass is 324 g/mol. The fraction of sp³-hybridized carbons (Fsp3) is 0.400. The summed E-state index contributed by atoms with van der Waals surface area (Å²) in [5.74, 6) is 0.914. The molecule has 20 heavy (non-hydrogen) atoms. The zero-order chi connectivity index (χ0) is 13.4. The van der Waals surface area contributed by atoms with Crippen molar-refractivity contribution in [1.29, 1.82) is 0 Å². The number of nitrogens with one attached hydrogen (secondary N) is 2. The summed E-state index contributed by atoms with van der Waals surface area (Å²) < 4.78 is 0. The molecule has 116 valence electrons. The van der Waals surface area contributed by atoms with Crippen molar-refractivity contribution in [2.45, 2.75) is 12.8 Å². The lowest BCUT2D eigenvalue weighted by Gasteiger charge is -1.87. The maximum absolute atomic E-state index is 5.30. The Hall–Kier alpha value is -1.48. The van der Waals surface area contributed by atoms with Crippen molar-refractivity contribution in [2.75, 3.05) is 24.6 Å². The Bertz CT molecular complexity index is 413. The van der Waals surface area contributed by atoms with Crippen LogP contribution in [0.4, 0.5) is 11.9 Å². The molecule has 2 rings (SSSR count). The molecule has 0 fully saturated rings. The van der Waals surface area contributed by atoms with Crippen molar-refractivity contribution in [3.05, 3.63) is 23.8 Å². The normalized spacial score (nSPS) is 8.90. The van der Waals surface area contributed by atoms with Gasteiger partial charge in [0.2, 0.25) is 0 Å². The Morgan fingerprint density at radius 2 is 1.15 bits per heavy atom. The molecule has 0 atom stereocenters. The number of nitrogens with zero attached hydrogens (tertiary/aromatic N) is 2. The van der Waals surface area contributed by atoms with Gasteiger partial charge >= 0.3 is 0 Å². The van der Waals surface area contributed by atoms with Gasteiger partial charge in [-0.1, -0.05) is 0 Å². The molecule has 0 aliphatic heterocycles. The zero-order valence-corrected chi connectivity index (χ0v) is 12.6. The molecular formula is C10H22Cl2N8. The first-order valence-electron chi connectivity index (χ1n) is 5.64. The molecule has 2 aromatic rings. The number of H-pyrrole nitrogens is 2. The minimum Gasteiger partial charge on any atom is -0.369 e. The highest BCUT2D eigenvalue weighted by molar-refractivity contribution is 5.85. The number of nitrogen functional groups attached to an aromatic ring is 2. The van der Waals surface area contributed by atoms with E-state index in [0.29, 0.717) is 25.0 Å². The SMILES string of the molecule is Cl.Cl.NCCc1cnc(N)[nH]1.NCCc1cnc(N)[nH]1. The van der Waals surface area contributed by atoms with Gasteiger partial charge in [-0.2, -0.15) is 0 Å². The van der Waals surface area contributed by atoms with Gasteiger partial charge in [0.15, 0.2) is 11.9 Å². The molecule has 0 amide bonds. The van der Waals surface area contributed by atoms with E-state index in [-0.39, 0.29) is 24.8 Å². The van der Waals surface area contributed by atoms with Gasteiger partial charge in [-0.15, -0.1) is 24.8 Å². The second-order valence-corrected chi connectivity index (χ2v) is 3.66. The van der Waals surface area contributed by atoms with Crippen molar-refractivity contribution >= 4 is 36.7 Å². The first-order chi connectivity index (χ1) is 8.65. The molecule has 2 heterocycles. The van der Waals surface area contributed by atoms with Gasteiger partial charge in [0, 0.05) is 24.2 Å². The largest absolute Gasteiger partial charge is 0.369 e. The van der Waals surface area contributed by atoms with Gasteiger partial charge in [0.1, 0.15) is 0 Å². The number of aromatic nitrogens is 4. The summed E-state index contributed by atoms with van der Waals surface area (Å²) in [6, 6.07) is 0. The van der Waals surface area contributed by atoms with E-state index in [1.54, 1.807) is 12.4 Å². The lowest BCUT2D eigenvalue weighted by atomic mass is 10.3. The van der Waals surface area contributed by atoms with Crippen LogP contribution in [-0.2, 0) is 12.8 Å².